The molecule has 0 bridgehead atoms. The highest BCUT2D eigenvalue weighted by Gasteiger charge is 2.30. The lowest BCUT2D eigenvalue weighted by molar-refractivity contribution is 1.01. The zero-order valence-electron chi connectivity index (χ0n) is 62.4. The normalized spacial score (nSPS) is 12.3. The number of para-hydroxylation sites is 3. The van der Waals surface area contributed by atoms with Crippen molar-refractivity contribution in [3.05, 3.63) is 376 Å². The van der Waals surface area contributed by atoms with Crippen LogP contribution in [0.2, 0.25) is 0 Å². The predicted molar refractivity (Wildman–Crippen MR) is 484 cm³/mol. The first-order valence-electron chi connectivity index (χ1n) is 39.8. The Balaban J connectivity index is 0.692. The highest BCUT2D eigenvalue weighted by Crippen LogP contribution is 2.51. The third kappa shape index (κ3) is 8.81. The average molecular weight is 1470 g/mol. The lowest BCUT2D eigenvalue weighted by Gasteiger charge is -2.19. The van der Waals surface area contributed by atoms with Gasteiger partial charge in [-0.25, -0.2) is 19.9 Å². The number of fused-ring (bicyclic) bond motifs is 14. The predicted octanol–water partition coefficient (Wildman–Crippen LogP) is 28.0. The van der Waals surface area contributed by atoms with Gasteiger partial charge in [0.15, 0.2) is 0 Å². The van der Waals surface area contributed by atoms with Crippen LogP contribution in [0.3, 0.4) is 0 Å². The van der Waals surface area contributed by atoms with Crippen molar-refractivity contribution in [3.63, 3.8) is 0 Å². The molecule has 0 aliphatic rings. The van der Waals surface area contributed by atoms with Crippen LogP contribution in [0.15, 0.2) is 376 Å². The fourth-order valence-corrected chi connectivity index (χ4v) is 20.2. The summed E-state index contributed by atoms with van der Waals surface area (Å²) in [5.74, 6) is 1.22. The molecule has 0 saturated heterocycles. The largest absolute Gasteiger partial charge is 0.308 e. The zero-order valence-corrected chi connectivity index (χ0v) is 62.4. The van der Waals surface area contributed by atoms with Crippen LogP contribution in [-0.4, -0.2) is 37.9 Å². The van der Waals surface area contributed by atoms with Crippen LogP contribution in [0.4, 0.5) is 0 Å². The summed E-state index contributed by atoms with van der Waals surface area (Å²) in [5.41, 5.74) is 27.7. The number of nitrogens with zero attached hydrogens (tertiary/aromatic N) is 8. The zero-order chi connectivity index (χ0) is 75.5. The van der Waals surface area contributed by atoms with Gasteiger partial charge in [-0.3, -0.25) is 9.13 Å². The molecule has 0 aliphatic heterocycles. The van der Waals surface area contributed by atoms with E-state index in [0.717, 1.165) is 171 Å². The molecule has 26 rings (SSSR count). The first kappa shape index (κ1) is 63.0. The second kappa shape index (κ2) is 23.9. The van der Waals surface area contributed by atoms with Gasteiger partial charge in [-0.15, -0.1) is 0 Å². The maximum absolute atomic E-state index is 6.02. The fraction of sp³-hybridized carbons (Fsp3) is 0. The second-order valence-corrected chi connectivity index (χ2v) is 31.0. The summed E-state index contributed by atoms with van der Waals surface area (Å²) in [4.78, 5) is 23.5. The van der Waals surface area contributed by atoms with Crippen molar-refractivity contribution in [3.8, 4) is 90.0 Å². The molecule has 26 aromatic rings. The van der Waals surface area contributed by atoms with E-state index >= 15 is 0 Å². The molecule has 0 N–H and O–H groups in total. The summed E-state index contributed by atoms with van der Waals surface area (Å²) < 4.78 is 9.69. The van der Waals surface area contributed by atoms with Crippen LogP contribution >= 0.6 is 0 Å². The molecule has 8 aromatic heterocycles. The van der Waals surface area contributed by atoms with E-state index in [4.69, 9.17) is 19.9 Å². The molecule has 0 amide bonds. The molecule has 0 spiro atoms. The summed E-state index contributed by atoms with van der Waals surface area (Å²) in [5, 5.41) is 20.6. The maximum atomic E-state index is 6.02. The standard InChI is InChI=1S/C108H62N8/c1-5-26-63(27-6-1)67-35-19-36-71(58-67)95-74-38-14-13-34-70(74)61-85-101(65-30-9-3-10-31-65)109-107(111-103(85)95)115-89-48-23-42-79-82-45-21-46-83-84-60-69(55-57-88(84)114(106(82)83)92-51-25-53-94(115)100(92)98(79)89)68-54-56-75-72(59-68)62-86-102(66-32-11-4-12-33-66)110-108(112-104(86)96(75)77-40-16-15-37-73(77)64-28-7-2-8-29-64)116-90-49-22-41-78-81-44-20-43-80-76-39-17-18-47-87(76)113(105(80)81)91-50-24-52-93(116)99(91)97(78)90/h1-62H. The molecule has 8 nitrogen and oxygen atoms in total. The summed E-state index contributed by atoms with van der Waals surface area (Å²) in [7, 11) is 0. The molecule has 0 fully saturated rings. The molecule has 0 radical (unpaired) electrons. The SMILES string of the molecule is c1ccc(-c2cccc(-c3c4ccccc4cc4c(-c5ccccc5)nc(-n5c6cccc7c8cccc9c%10cc(-c%11ccc%12c(-c%13ccccc%13-c%13ccccc%13)c%13nc(-n%14c%15cccc%16c%17cccc%18c%19ccccc%19n(c%19cccc%14c%19c%16%15)c%17%18)nc(-c%14ccccc%14)c%13cc%12c%11)ccc%10n(c%10cccc5c%10c76)c89)nc34)c2)cc1. The molecule has 0 atom stereocenters. The van der Waals surface area contributed by atoms with Crippen LogP contribution in [0.1, 0.15) is 0 Å². The van der Waals surface area contributed by atoms with Gasteiger partial charge < -0.3 is 8.80 Å². The van der Waals surface area contributed by atoms with Crippen molar-refractivity contribution < 1.29 is 0 Å². The van der Waals surface area contributed by atoms with Crippen molar-refractivity contribution in [2.24, 2.45) is 0 Å². The van der Waals surface area contributed by atoms with E-state index in [1.54, 1.807) is 0 Å². The van der Waals surface area contributed by atoms with Crippen LogP contribution in [0.5, 0.6) is 0 Å². The Bertz CT molecular complexity index is 8690. The molecule has 0 saturated carbocycles. The van der Waals surface area contributed by atoms with Gasteiger partial charge in [0.05, 0.1) is 77.6 Å². The van der Waals surface area contributed by atoms with Crippen molar-refractivity contribution in [2.75, 3.05) is 0 Å². The van der Waals surface area contributed by atoms with Gasteiger partial charge in [-0.2, -0.15) is 0 Å². The van der Waals surface area contributed by atoms with Crippen LogP contribution in [-0.2, 0) is 0 Å². The average Bonchev–Trinajstić information content (AvgIpc) is 1.52. The number of hydrogen-bond donors (Lipinski definition) is 0. The van der Waals surface area contributed by atoms with Gasteiger partial charge in [0.25, 0.3) is 0 Å². The van der Waals surface area contributed by atoms with Crippen LogP contribution in [0, 0.1) is 0 Å². The van der Waals surface area contributed by atoms with Crippen molar-refractivity contribution in [1.29, 1.82) is 0 Å². The van der Waals surface area contributed by atoms with Crippen molar-refractivity contribution >= 4 is 163 Å². The van der Waals surface area contributed by atoms with E-state index in [9.17, 15) is 0 Å². The molecular weight excluding hydrogens is 1410 g/mol. The summed E-state index contributed by atoms with van der Waals surface area (Å²) >= 11 is 0. The Morgan fingerprint density at radius 3 is 1.19 bits per heavy atom. The molecule has 534 valence electrons. The molecule has 8 heterocycles. The molecule has 18 aromatic carbocycles. The third-order valence-electron chi connectivity index (χ3n) is 25.0. The Labute approximate surface area is 662 Å². The monoisotopic (exact) mass is 1470 g/mol. The molecule has 0 unspecified atom stereocenters. The van der Waals surface area contributed by atoms with E-state index in [1.165, 1.54) is 70.4 Å². The van der Waals surface area contributed by atoms with E-state index in [1.807, 2.05) is 0 Å². The van der Waals surface area contributed by atoms with Gasteiger partial charge in [-0.05, 0) is 156 Å². The van der Waals surface area contributed by atoms with E-state index in [2.05, 4.69) is 394 Å². The first-order chi connectivity index (χ1) is 57.6. The minimum atomic E-state index is 0.606. The van der Waals surface area contributed by atoms with E-state index < -0.39 is 0 Å². The van der Waals surface area contributed by atoms with Crippen molar-refractivity contribution in [2.45, 2.75) is 0 Å². The smallest absolute Gasteiger partial charge is 0.235 e. The minimum Gasteiger partial charge on any atom is -0.308 e. The number of hydrogen-bond acceptors (Lipinski definition) is 4. The molecule has 0 aliphatic carbocycles. The maximum Gasteiger partial charge on any atom is 0.235 e. The Morgan fingerprint density at radius 1 is 0.181 bits per heavy atom. The lowest BCUT2D eigenvalue weighted by Crippen LogP contribution is -2.05. The summed E-state index contributed by atoms with van der Waals surface area (Å²) in [6.07, 6.45) is 0. The summed E-state index contributed by atoms with van der Waals surface area (Å²) in [6, 6.07) is 138. The highest BCUT2D eigenvalue weighted by molar-refractivity contribution is 6.34. The Kier molecular flexibility index (Phi) is 13.0. The first-order valence-corrected chi connectivity index (χ1v) is 39.8. The number of aromatic nitrogens is 8. The van der Waals surface area contributed by atoms with Gasteiger partial charge >= 0.3 is 0 Å². The van der Waals surface area contributed by atoms with Gasteiger partial charge in [0.1, 0.15) is 0 Å². The van der Waals surface area contributed by atoms with Crippen LogP contribution < -0.4 is 0 Å². The lowest BCUT2D eigenvalue weighted by atomic mass is 9.88. The van der Waals surface area contributed by atoms with E-state index in [0.29, 0.717) is 11.9 Å². The topological polar surface area (TPSA) is 70.2 Å². The molecule has 8 heteroatoms. The Morgan fingerprint density at radius 2 is 0.569 bits per heavy atom. The van der Waals surface area contributed by atoms with Gasteiger partial charge in [-0.1, -0.05) is 297 Å². The minimum absolute atomic E-state index is 0.606. The van der Waals surface area contributed by atoms with Gasteiger partial charge in [0, 0.05) is 86.9 Å². The quantitative estimate of drug-likeness (QED) is 0.135. The highest BCUT2D eigenvalue weighted by atomic mass is 15.2. The second-order valence-electron chi connectivity index (χ2n) is 31.0. The van der Waals surface area contributed by atoms with Crippen LogP contribution in [0.25, 0.3) is 253 Å². The molecular formula is C108H62N8. The Hall–Kier alpha value is -15.6. The van der Waals surface area contributed by atoms with E-state index in [-0.39, 0.29) is 0 Å². The summed E-state index contributed by atoms with van der Waals surface area (Å²) in [6.45, 7) is 0. The number of benzene rings is 18. The van der Waals surface area contributed by atoms with Gasteiger partial charge in [0.2, 0.25) is 11.9 Å². The third-order valence-corrected chi connectivity index (χ3v) is 25.0. The van der Waals surface area contributed by atoms with Crippen molar-refractivity contribution in [1.82, 2.24) is 37.9 Å². The number of rotatable bonds is 9. The molecule has 116 heavy (non-hydrogen) atoms. The fourth-order valence-electron chi connectivity index (χ4n) is 20.2.